The maximum absolute atomic E-state index is 12.2. The van der Waals surface area contributed by atoms with E-state index in [1.165, 1.54) is 17.0 Å². The molecule has 0 spiro atoms. The van der Waals surface area contributed by atoms with Crippen LogP contribution in [0.4, 0.5) is 5.69 Å². The minimum atomic E-state index is -0.587. The number of phenols is 1. The minimum Gasteiger partial charge on any atom is -0.504 e. The second kappa shape index (κ2) is 6.97. The third kappa shape index (κ3) is 3.45. The summed E-state index contributed by atoms with van der Waals surface area (Å²) in [6.45, 7) is 4.18. The number of phenolic OH excluding ortho intramolecular Hbond substituents is 1. The number of nitrogens with zero attached hydrogens (tertiary/aromatic N) is 2. The van der Waals surface area contributed by atoms with Crippen molar-refractivity contribution in [2.45, 2.75) is 13.8 Å². The third-order valence-electron chi connectivity index (χ3n) is 3.08. The molecule has 0 aliphatic carbocycles. The molecule has 1 aliphatic heterocycles. The van der Waals surface area contributed by atoms with Gasteiger partial charge < -0.3 is 9.84 Å². The normalized spacial score (nSPS) is 16.3. The van der Waals surface area contributed by atoms with Crippen molar-refractivity contribution in [3.63, 3.8) is 0 Å². The lowest BCUT2D eigenvalue weighted by Gasteiger charge is -2.10. The maximum Gasteiger partial charge on any atom is 0.274 e. The molecule has 1 aromatic carbocycles. The first-order valence-electron chi connectivity index (χ1n) is 6.78. The average molecular weight is 354 g/mol. The molecule has 1 amide bonds. The zero-order valence-electron chi connectivity index (χ0n) is 12.4. The van der Waals surface area contributed by atoms with Crippen molar-refractivity contribution in [3.05, 3.63) is 32.7 Å². The van der Waals surface area contributed by atoms with E-state index in [0.29, 0.717) is 15.8 Å². The average Bonchev–Trinajstić information content (AvgIpc) is 2.76. The maximum atomic E-state index is 12.2. The molecule has 1 aromatic rings. The first-order valence-corrected chi connectivity index (χ1v) is 8.01. The summed E-state index contributed by atoms with van der Waals surface area (Å²) in [4.78, 5) is 24.3. The van der Waals surface area contributed by atoms with E-state index < -0.39 is 4.92 Å². The monoisotopic (exact) mass is 354 g/mol. The Labute approximate surface area is 142 Å². The van der Waals surface area contributed by atoms with E-state index >= 15 is 0 Å². The number of amides is 1. The Morgan fingerprint density at radius 2 is 2.17 bits per heavy atom. The number of ether oxygens (including phenoxy) is 1. The van der Waals surface area contributed by atoms with Gasteiger partial charge in [0.25, 0.3) is 11.6 Å². The van der Waals surface area contributed by atoms with Crippen LogP contribution in [0.2, 0.25) is 0 Å². The van der Waals surface area contributed by atoms with Gasteiger partial charge in [0.1, 0.15) is 4.32 Å². The molecule has 0 radical (unpaired) electrons. The lowest BCUT2D eigenvalue weighted by molar-refractivity contribution is -0.385. The second-order valence-electron chi connectivity index (χ2n) is 4.50. The van der Waals surface area contributed by atoms with Gasteiger partial charge in [0.15, 0.2) is 11.5 Å². The van der Waals surface area contributed by atoms with Crippen LogP contribution >= 0.6 is 24.0 Å². The summed E-state index contributed by atoms with van der Waals surface area (Å²) in [6, 6.07) is 2.34. The largest absolute Gasteiger partial charge is 0.504 e. The van der Waals surface area contributed by atoms with Gasteiger partial charge in [0.2, 0.25) is 0 Å². The van der Waals surface area contributed by atoms with Crippen LogP contribution in [0, 0.1) is 10.1 Å². The molecule has 0 unspecified atom stereocenters. The van der Waals surface area contributed by atoms with E-state index in [1.807, 2.05) is 0 Å². The lowest BCUT2D eigenvalue weighted by atomic mass is 10.1. The van der Waals surface area contributed by atoms with Gasteiger partial charge in [-0.15, -0.1) is 0 Å². The van der Waals surface area contributed by atoms with Gasteiger partial charge >= 0.3 is 0 Å². The molecule has 122 valence electrons. The Kier molecular flexibility index (Phi) is 5.22. The van der Waals surface area contributed by atoms with Crippen LogP contribution in [0.3, 0.4) is 0 Å². The zero-order valence-corrected chi connectivity index (χ0v) is 14.1. The summed E-state index contributed by atoms with van der Waals surface area (Å²) >= 11 is 6.20. The van der Waals surface area contributed by atoms with Crippen LogP contribution in [0.25, 0.3) is 6.08 Å². The second-order valence-corrected chi connectivity index (χ2v) is 6.17. The molecular weight excluding hydrogens is 340 g/mol. The molecule has 0 saturated carbocycles. The molecule has 1 aliphatic rings. The number of hydrogen-bond acceptors (Lipinski definition) is 7. The van der Waals surface area contributed by atoms with E-state index in [4.69, 9.17) is 17.0 Å². The van der Waals surface area contributed by atoms with Gasteiger partial charge in [-0.25, -0.2) is 0 Å². The first-order chi connectivity index (χ1) is 10.9. The molecule has 23 heavy (non-hydrogen) atoms. The minimum absolute atomic E-state index is 0.001000. The van der Waals surface area contributed by atoms with E-state index in [2.05, 4.69) is 0 Å². The Hall–Kier alpha value is -2.13. The number of likely N-dealkylation sites (N-methyl/N-ethyl adjacent to an activating group) is 1. The van der Waals surface area contributed by atoms with Gasteiger partial charge in [-0.1, -0.05) is 24.0 Å². The van der Waals surface area contributed by atoms with E-state index in [1.54, 1.807) is 13.8 Å². The smallest absolute Gasteiger partial charge is 0.274 e. The Morgan fingerprint density at radius 1 is 1.48 bits per heavy atom. The predicted octanol–water partition coefficient (Wildman–Crippen LogP) is 2.92. The van der Waals surface area contributed by atoms with Crippen molar-refractivity contribution < 1.29 is 19.6 Å². The Balaban J connectivity index is 2.51. The topological polar surface area (TPSA) is 92.9 Å². The predicted molar refractivity (Wildman–Crippen MR) is 91.5 cm³/mol. The molecule has 1 heterocycles. The van der Waals surface area contributed by atoms with Crippen molar-refractivity contribution in [1.82, 2.24) is 4.90 Å². The number of hydrogen-bond donors (Lipinski definition) is 1. The van der Waals surface area contributed by atoms with Crippen LogP contribution in [0.5, 0.6) is 11.5 Å². The van der Waals surface area contributed by atoms with E-state index in [0.717, 1.165) is 17.8 Å². The zero-order chi connectivity index (χ0) is 17.1. The summed E-state index contributed by atoms with van der Waals surface area (Å²) in [7, 11) is 0. The molecule has 0 atom stereocenters. The van der Waals surface area contributed by atoms with Crippen LogP contribution in [0.1, 0.15) is 19.4 Å². The van der Waals surface area contributed by atoms with E-state index in [-0.39, 0.29) is 35.3 Å². The van der Waals surface area contributed by atoms with Crippen molar-refractivity contribution in [2.75, 3.05) is 13.2 Å². The summed E-state index contributed by atoms with van der Waals surface area (Å²) < 4.78 is 5.63. The quantitative estimate of drug-likeness (QED) is 0.376. The number of thiocarbonyl (C=S) groups is 1. The molecule has 7 nitrogen and oxygen atoms in total. The van der Waals surface area contributed by atoms with Crippen LogP contribution in [-0.2, 0) is 4.79 Å². The summed E-state index contributed by atoms with van der Waals surface area (Å²) in [5, 5.41) is 21.2. The van der Waals surface area contributed by atoms with Gasteiger partial charge in [-0.05, 0) is 19.9 Å². The van der Waals surface area contributed by atoms with Gasteiger partial charge in [0.05, 0.1) is 22.5 Å². The van der Waals surface area contributed by atoms with Gasteiger partial charge in [0, 0.05) is 18.2 Å². The highest BCUT2D eigenvalue weighted by Gasteiger charge is 2.31. The number of carbonyl (C=O) groups excluding carboxylic acids is 1. The standard InChI is InChI=1S/C14H14N2O5S2/c1-3-15-13(18)11(23-14(15)22)6-8-5-9(16(19)20)7-10(12(8)17)21-4-2/h5-7,17H,3-4H2,1-2H3/b11-6-. The van der Waals surface area contributed by atoms with Crippen molar-refractivity contribution in [2.24, 2.45) is 0 Å². The number of nitro groups is 1. The molecule has 2 rings (SSSR count). The highest BCUT2D eigenvalue weighted by molar-refractivity contribution is 8.26. The van der Waals surface area contributed by atoms with Crippen LogP contribution < -0.4 is 4.74 Å². The van der Waals surface area contributed by atoms with E-state index in [9.17, 15) is 20.0 Å². The molecular formula is C14H14N2O5S2. The number of rotatable bonds is 5. The highest BCUT2D eigenvalue weighted by Crippen LogP contribution is 2.39. The number of nitro benzene ring substituents is 1. The fourth-order valence-electron chi connectivity index (χ4n) is 2.01. The molecule has 9 heteroatoms. The fourth-order valence-corrected chi connectivity index (χ4v) is 3.38. The van der Waals surface area contributed by atoms with Crippen LogP contribution in [-0.4, -0.2) is 38.3 Å². The fraction of sp³-hybridized carbons (Fsp3) is 0.286. The summed E-state index contributed by atoms with van der Waals surface area (Å²) in [5.41, 5.74) is -0.0947. The number of thioether (sulfide) groups is 1. The summed E-state index contributed by atoms with van der Waals surface area (Å²) in [6.07, 6.45) is 1.39. The van der Waals surface area contributed by atoms with Crippen molar-refractivity contribution >= 4 is 46.0 Å². The number of benzene rings is 1. The number of aromatic hydroxyl groups is 1. The number of non-ortho nitro benzene ring substituents is 1. The third-order valence-corrected chi connectivity index (χ3v) is 4.45. The van der Waals surface area contributed by atoms with Crippen molar-refractivity contribution in [1.29, 1.82) is 0 Å². The van der Waals surface area contributed by atoms with Gasteiger partial charge in [-0.2, -0.15) is 0 Å². The van der Waals surface area contributed by atoms with Gasteiger partial charge in [-0.3, -0.25) is 19.8 Å². The van der Waals surface area contributed by atoms with Crippen LogP contribution in [0.15, 0.2) is 17.0 Å². The van der Waals surface area contributed by atoms with Crippen molar-refractivity contribution in [3.8, 4) is 11.5 Å². The number of carbonyl (C=O) groups is 1. The Bertz CT molecular complexity index is 717. The lowest BCUT2D eigenvalue weighted by Crippen LogP contribution is -2.27. The summed E-state index contributed by atoms with van der Waals surface area (Å²) in [5.74, 6) is -0.537. The Morgan fingerprint density at radius 3 is 2.70 bits per heavy atom. The molecule has 1 N–H and O–H groups in total. The highest BCUT2D eigenvalue weighted by atomic mass is 32.2. The first kappa shape index (κ1) is 17.2. The molecule has 1 saturated heterocycles. The molecule has 0 bridgehead atoms. The SMILES string of the molecule is CCOc1cc([N+](=O)[O-])cc(/C=C2\SC(=S)N(CC)C2=O)c1O. The molecule has 1 fully saturated rings. The molecule has 0 aromatic heterocycles.